The van der Waals surface area contributed by atoms with Gasteiger partial charge >= 0.3 is 0 Å². The highest BCUT2D eigenvalue weighted by atomic mass is 79.9. The quantitative estimate of drug-likeness (QED) is 0.490. The van der Waals surface area contributed by atoms with E-state index in [1.54, 1.807) is 0 Å². The summed E-state index contributed by atoms with van der Waals surface area (Å²) >= 11 is 7.51. The van der Waals surface area contributed by atoms with Gasteiger partial charge in [0.1, 0.15) is 0 Å². The Labute approximate surface area is 92.1 Å². The molecule has 0 saturated carbocycles. The molecule has 0 heterocycles. The van der Waals surface area contributed by atoms with Crippen LogP contribution in [0.1, 0.15) is 22.8 Å². The molecular weight excluding hydrogens is 248 g/mol. The fraction of sp³-hybridized carbons (Fsp3) is 0.300. The standard InChI is InChI=1S/C10H11BrOS/c1-6-3-4-8(9(13)5-6)10(12)7(2)11/h3-5,7,13H,1-2H3. The van der Waals surface area contributed by atoms with E-state index in [1.807, 2.05) is 32.0 Å². The van der Waals surface area contributed by atoms with Crippen LogP contribution in [0.2, 0.25) is 0 Å². The minimum Gasteiger partial charge on any atom is -0.293 e. The van der Waals surface area contributed by atoms with Gasteiger partial charge < -0.3 is 0 Å². The number of rotatable bonds is 2. The van der Waals surface area contributed by atoms with Crippen LogP contribution in [0, 0.1) is 6.92 Å². The van der Waals surface area contributed by atoms with Crippen LogP contribution in [-0.2, 0) is 0 Å². The van der Waals surface area contributed by atoms with Crippen molar-refractivity contribution in [2.45, 2.75) is 23.6 Å². The minimum atomic E-state index is -0.152. The van der Waals surface area contributed by atoms with Gasteiger partial charge in [-0.3, -0.25) is 4.79 Å². The molecule has 0 amide bonds. The summed E-state index contributed by atoms with van der Waals surface area (Å²) in [7, 11) is 0. The van der Waals surface area contributed by atoms with Gasteiger partial charge in [0.25, 0.3) is 0 Å². The number of halogens is 1. The summed E-state index contributed by atoms with van der Waals surface area (Å²) in [5, 5.41) is 0. The van der Waals surface area contributed by atoms with Crippen LogP contribution in [0.15, 0.2) is 23.1 Å². The second-order valence-electron chi connectivity index (χ2n) is 3.00. The maximum Gasteiger partial charge on any atom is 0.177 e. The van der Waals surface area contributed by atoms with Crippen LogP contribution >= 0.6 is 28.6 Å². The zero-order chi connectivity index (χ0) is 10.0. The van der Waals surface area contributed by atoms with Gasteiger partial charge in [0, 0.05) is 10.5 Å². The molecule has 3 heteroatoms. The van der Waals surface area contributed by atoms with Crippen LogP contribution in [0.3, 0.4) is 0 Å². The molecule has 0 radical (unpaired) electrons. The van der Waals surface area contributed by atoms with E-state index in [9.17, 15) is 4.79 Å². The molecule has 0 aromatic heterocycles. The number of Topliss-reactive ketones (excluding diaryl/α,β-unsaturated/α-hetero) is 1. The first-order valence-corrected chi connectivity index (χ1v) is 5.36. The van der Waals surface area contributed by atoms with E-state index >= 15 is 0 Å². The van der Waals surface area contributed by atoms with Gasteiger partial charge in [-0.25, -0.2) is 0 Å². The SMILES string of the molecule is Cc1ccc(C(=O)C(C)Br)c(S)c1. The van der Waals surface area contributed by atoms with Crippen molar-refractivity contribution < 1.29 is 4.79 Å². The number of benzene rings is 1. The molecule has 70 valence electrons. The Balaban J connectivity index is 3.09. The lowest BCUT2D eigenvalue weighted by Crippen LogP contribution is -2.10. The van der Waals surface area contributed by atoms with E-state index in [1.165, 1.54) is 0 Å². The fourth-order valence-corrected chi connectivity index (χ4v) is 1.70. The van der Waals surface area contributed by atoms with Crippen LogP contribution in [0.5, 0.6) is 0 Å². The first-order valence-electron chi connectivity index (χ1n) is 4.00. The second kappa shape index (κ2) is 4.29. The monoisotopic (exact) mass is 258 g/mol. The average Bonchev–Trinajstić information content (AvgIpc) is 2.03. The van der Waals surface area contributed by atoms with Crippen LogP contribution in [-0.4, -0.2) is 10.6 Å². The third-order valence-corrected chi connectivity index (χ3v) is 2.57. The number of alkyl halides is 1. The molecule has 1 nitrogen and oxygen atoms in total. The molecule has 0 aliphatic carbocycles. The lowest BCUT2D eigenvalue weighted by Gasteiger charge is -2.06. The van der Waals surface area contributed by atoms with Crippen molar-refractivity contribution in [3.8, 4) is 0 Å². The molecule has 1 rings (SSSR count). The molecule has 1 aromatic rings. The summed E-state index contributed by atoms with van der Waals surface area (Å²) in [4.78, 5) is 12.2. The first-order chi connectivity index (χ1) is 6.02. The molecule has 0 aliphatic heterocycles. The fourth-order valence-electron chi connectivity index (χ4n) is 1.06. The Bertz CT molecular complexity index is 334. The lowest BCUT2D eigenvalue weighted by atomic mass is 10.1. The number of carbonyl (C=O) groups is 1. The van der Waals surface area contributed by atoms with Crippen LogP contribution in [0.4, 0.5) is 0 Å². The van der Waals surface area contributed by atoms with Gasteiger partial charge in [-0.2, -0.15) is 0 Å². The maximum absolute atomic E-state index is 11.6. The second-order valence-corrected chi connectivity index (χ2v) is 4.86. The van der Waals surface area contributed by atoms with E-state index in [4.69, 9.17) is 0 Å². The third kappa shape index (κ3) is 2.58. The van der Waals surface area contributed by atoms with E-state index in [2.05, 4.69) is 28.6 Å². The molecule has 0 saturated heterocycles. The molecule has 0 aliphatic rings. The van der Waals surface area contributed by atoms with Crippen LogP contribution < -0.4 is 0 Å². The number of ketones is 1. The Kier molecular flexibility index (Phi) is 3.56. The smallest absolute Gasteiger partial charge is 0.177 e. The highest BCUT2D eigenvalue weighted by molar-refractivity contribution is 9.10. The summed E-state index contributed by atoms with van der Waals surface area (Å²) in [5.74, 6) is 0.0741. The van der Waals surface area contributed by atoms with E-state index < -0.39 is 0 Å². The van der Waals surface area contributed by atoms with Gasteiger partial charge in [0.05, 0.1) is 4.83 Å². The van der Waals surface area contributed by atoms with E-state index in [0.717, 1.165) is 10.5 Å². The molecule has 1 unspecified atom stereocenters. The topological polar surface area (TPSA) is 17.1 Å². The number of hydrogen-bond acceptors (Lipinski definition) is 2. The predicted octanol–water partition coefficient (Wildman–Crippen LogP) is 3.25. The number of hydrogen-bond donors (Lipinski definition) is 1. The Hall–Kier alpha value is -0.280. The molecule has 0 fully saturated rings. The van der Waals surface area contributed by atoms with Gasteiger partial charge in [0.15, 0.2) is 5.78 Å². The largest absolute Gasteiger partial charge is 0.293 e. The van der Waals surface area contributed by atoms with Crippen molar-refractivity contribution >= 4 is 34.3 Å². The normalized spacial score (nSPS) is 12.6. The predicted molar refractivity (Wildman–Crippen MR) is 61.2 cm³/mol. The minimum absolute atomic E-state index is 0.0741. The average molecular weight is 259 g/mol. The summed E-state index contributed by atoms with van der Waals surface area (Å²) in [6.45, 7) is 3.79. The molecule has 0 N–H and O–H groups in total. The lowest BCUT2D eigenvalue weighted by molar-refractivity contribution is 0.0993. The summed E-state index contributed by atoms with van der Waals surface area (Å²) < 4.78 is 0. The van der Waals surface area contributed by atoms with Crippen molar-refractivity contribution in [3.63, 3.8) is 0 Å². The number of carbonyl (C=O) groups excluding carboxylic acids is 1. The van der Waals surface area contributed by atoms with Gasteiger partial charge in [0.2, 0.25) is 0 Å². The Morgan fingerprint density at radius 3 is 2.62 bits per heavy atom. The first kappa shape index (κ1) is 10.8. The Morgan fingerprint density at radius 1 is 1.54 bits per heavy atom. The zero-order valence-electron chi connectivity index (χ0n) is 7.54. The van der Waals surface area contributed by atoms with Gasteiger partial charge in [-0.1, -0.05) is 22.0 Å². The van der Waals surface area contributed by atoms with Crippen molar-refractivity contribution in [1.82, 2.24) is 0 Å². The van der Waals surface area contributed by atoms with Crippen molar-refractivity contribution in [2.75, 3.05) is 0 Å². The molecular formula is C10H11BrOS. The number of thiol groups is 1. The van der Waals surface area contributed by atoms with E-state index in [-0.39, 0.29) is 10.6 Å². The molecule has 1 aromatic carbocycles. The molecule has 0 bridgehead atoms. The molecule has 0 spiro atoms. The van der Waals surface area contributed by atoms with Crippen molar-refractivity contribution in [2.24, 2.45) is 0 Å². The highest BCUT2D eigenvalue weighted by Gasteiger charge is 2.14. The van der Waals surface area contributed by atoms with Gasteiger partial charge in [-0.05, 0) is 31.5 Å². The summed E-state index contributed by atoms with van der Waals surface area (Å²) in [5.41, 5.74) is 1.79. The highest BCUT2D eigenvalue weighted by Crippen LogP contribution is 2.19. The Morgan fingerprint density at radius 2 is 2.15 bits per heavy atom. The van der Waals surface area contributed by atoms with E-state index in [0.29, 0.717) is 5.56 Å². The van der Waals surface area contributed by atoms with Crippen LogP contribution in [0.25, 0.3) is 0 Å². The summed E-state index contributed by atoms with van der Waals surface area (Å²) in [6.07, 6.45) is 0. The number of aryl methyl sites for hydroxylation is 1. The third-order valence-electron chi connectivity index (χ3n) is 1.78. The maximum atomic E-state index is 11.6. The summed E-state index contributed by atoms with van der Waals surface area (Å²) in [6, 6.07) is 5.63. The zero-order valence-corrected chi connectivity index (χ0v) is 10.0. The molecule has 1 atom stereocenters. The molecule has 13 heavy (non-hydrogen) atoms. The van der Waals surface area contributed by atoms with Gasteiger partial charge in [-0.15, -0.1) is 12.6 Å². The van der Waals surface area contributed by atoms with Crippen molar-refractivity contribution in [3.05, 3.63) is 29.3 Å². The van der Waals surface area contributed by atoms with Crippen molar-refractivity contribution in [1.29, 1.82) is 0 Å².